The number of esters is 1. The number of likely N-dealkylation sites (N-methyl/N-ethyl adjacent to an activating group) is 1. The molecule has 192 valence electrons. The number of carbonyl (C=O) groups excluding carboxylic acids is 2. The standard InChI is InChI=1S/C28H28N2O6S/c1-18(2)26(28(32)35-4)30(3)37(33,34)23-15-11-20(12-16-23)19-9-13-22(14-10-19)29-27(31)25-17-21-7-5-6-8-24(21)36-25/h5-18,26H,1-4H3,(H,29,31)/t26-/m1/s1. The van der Waals surface area contributed by atoms with E-state index in [0.29, 0.717) is 11.3 Å². The van der Waals surface area contributed by atoms with Gasteiger partial charge in [-0.25, -0.2) is 8.42 Å². The second-order valence-corrected chi connectivity index (χ2v) is 10.9. The lowest BCUT2D eigenvalue weighted by Crippen LogP contribution is -2.46. The maximum Gasteiger partial charge on any atom is 0.324 e. The van der Waals surface area contributed by atoms with Crippen LogP contribution in [-0.2, 0) is 19.6 Å². The number of furan rings is 1. The lowest BCUT2D eigenvalue weighted by Gasteiger charge is -2.28. The van der Waals surface area contributed by atoms with Crippen LogP contribution >= 0.6 is 0 Å². The summed E-state index contributed by atoms with van der Waals surface area (Å²) in [5.41, 5.74) is 2.88. The number of anilines is 1. The molecule has 0 saturated heterocycles. The highest BCUT2D eigenvalue weighted by Crippen LogP contribution is 2.26. The van der Waals surface area contributed by atoms with Gasteiger partial charge in [-0.15, -0.1) is 0 Å². The van der Waals surface area contributed by atoms with Gasteiger partial charge in [0.1, 0.15) is 11.6 Å². The van der Waals surface area contributed by atoms with Crippen LogP contribution in [0.1, 0.15) is 24.4 Å². The Hall–Kier alpha value is -3.95. The Balaban J connectivity index is 1.48. The van der Waals surface area contributed by atoms with Gasteiger partial charge in [-0.3, -0.25) is 9.59 Å². The molecule has 0 aliphatic heterocycles. The molecule has 8 nitrogen and oxygen atoms in total. The van der Waals surface area contributed by atoms with Crippen molar-refractivity contribution in [3.63, 3.8) is 0 Å². The molecule has 0 saturated carbocycles. The zero-order valence-electron chi connectivity index (χ0n) is 21.0. The molecule has 4 aromatic rings. The maximum absolute atomic E-state index is 13.1. The van der Waals surface area contributed by atoms with Crippen molar-refractivity contribution >= 4 is 38.6 Å². The number of carbonyl (C=O) groups is 2. The van der Waals surface area contributed by atoms with Crippen molar-refractivity contribution in [2.45, 2.75) is 24.8 Å². The molecule has 1 N–H and O–H groups in total. The van der Waals surface area contributed by atoms with Crippen LogP contribution in [0.15, 0.2) is 88.2 Å². The summed E-state index contributed by atoms with van der Waals surface area (Å²) in [6, 6.07) is 21.8. The van der Waals surface area contributed by atoms with E-state index >= 15 is 0 Å². The van der Waals surface area contributed by atoms with Gasteiger partial charge in [0, 0.05) is 18.1 Å². The van der Waals surface area contributed by atoms with Gasteiger partial charge in [0.05, 0.1) is 12.0 Å². The molecule has 1 amide bonds. The van der Waals surface area contributed by atoms with Crippen LogP contribution in [0.25, 0.3) is 22.1 Å². The Morgan fingerprint density at radius 1 is 0.919 bits per heavy atom. The fraction of sp³-hybridized carbons (Fsp3) is 0.214. The van der Waals surface area contributed by atoms with E-state index in [0.717, 1.165) is 20.8 Å². The topological polar surface area (TPSA) is 106 Å². The number of amides is 1. The summed E-state index contributed by atoms with van der Waals surface area (Å²) in [7, 11) is -1.30. The van der Waals surface area contributed by atoms with Gasteiger partial charge in [-0.2, -0.15) is 4.31 Å². The van der Waals surface area contributed by atoms with E-state index in [-0.39, 0.29) is 22.5 Å². The normalized spacial score (nSPS) is 12.6. The van der Waals surface area contributed by atoms with E-state index < -0.39 is 22.0 Å². The molecule has 3 aromatic carbocycles. The van der Waals surface area contributed by atoms with E-state index in [1.165, 1.54) is 26.3 Å². The van der Waals surface area contributed by atoms with Crippen molar-refractivity contribution in [1.29, 1.82) is 0 Å². The van der Waals surface area contributed by atoms with E-state index in [1.54, 1.807) is 50.2 Å². The predicted octanol–water partition coefficient (Wildman–Crippen LogP) is 5.17. The lowest BCUT2D eigenvalue weighted by atomic mass is 10.1. The monoisotopic (exact) mass is 520 g/mol. The van der Waals surface area contributed by atoms with Crippen molar-refractivity contribution in [3.05, 3.63) is 84.6 Å². The van der Waals surface area contributed by atoms with E-state index in [2.05, 4.69) is 5.32 Å². The molecule has 4 rings (SSSR count). The van der Waals surface area contributed by atoms with E-state index in [4.69, 9.17) is 9.15 Å². The van der Waals surface area contributed by atoms with Crippen molar-refractivity contribution in [1.82, 2.24) is 4.31 Å². The summed E-state index contributed by atoms with van der Waals surface area (Å²) in [6.07, 6.45) is 0. The number of fused-ring (bicyclic) bond motifs is 1. The molecule has 0 aliphatic carbocycles. The van der Waals surface area contributed by atoms with Crippen molar-refractivity contribution in [3.8, 4) is 11.1 Å². The average Bonchev–Trinajstić information content (AvgIpc) is 3.33. The third-order valence-corrected chi connectivity index (χ3v) is 7.98. The minimum Gasteiger partial charge on any atom is -0.468 e. The number of hydrogen-bond donors (Lipinski definition) is 1. The zero-order chi connectivity index (χ0) is 26.7. The second kappa shape index (κ2) is 10.6. The minimum absolute atomic E-state index is 0.0722. The highest BCUT2D eigenvalue weighted by atomic mass is 32.2. The second-order valence-electron chi connectivity index (χ2n) is 8.94. The first-order valence-electron chi connectivity index (χ1n) is 11.7. The van der Waals surface area contributed by atoms with Crippen molar-refractivity contribution < 1.29 is 27.2 Å². The van der Waals surface area contributed by atoms with Crippen LogP contribution in [-0.4, -0.2) is 44.8 Å². The highest BCUT2D eigenvalue weighted by molar-refractivity contribution is 7.89. The third kappa shape index (κ3) is 5.42. The molecular formula is C28H28N2O6S. The molecule has 0 bridgehead atoms. The molecule has 37 heavy (non-hydrogen) atoms. The van der Waals surface area contributed by atoms with Gasteiger partial charge in [0.25, 0.3) is 5.91 Å². The summed E-state index contributed by atoms with van der Waals surface area (Å²) in [6.45, 7) is 3.53. The summed E-state index contributed by atoms with van der Waals surface area (Å²) in [4.78, 5) is 24.8. The predicted molar refractivity (Wildman–Crippen MR) is 142 cm³/mol. The van der Waals surface area contributed by atoms with Crippen LogP contribution in [0.5, 0.6) is 0 Å². The fourth-order valence-corrected chi connectivity index (χ4v) is 5.57. The Morgan fingerprint density at radius 2 is 1.51 bits per heavy atom. The zero-order valence-corrected chi connectivity index (χ0v) is 21.8. The Labute approximate surface area is 215 Å². The number of ether oxygens (including phenoxy) is 1. The van der Waals surface area contributed by atoms with Crippen LogP contribution in [0.3, 0.4) is 0 Å². The SMILES string of the molecule is COC(=O)[C@@H](C(C)C)N(C)S(=O)(=O)c1ccc(-c2ccc(NC(=O)c3cc4ccccc4o3)cc2)cc1. The Morgan fingerprint density at radius 3 is 2.08 bits per heavy atom. The molecule has 9 heteroatoms. The molecule has 0 unspecified atom stereocenters. The quantitative estimate of drug-likeness (QED) is 0.321. The molecule has 1 heterocycles. The third-order valence-electron chi connectivity index (χ3n) is 6.12. The van der Waals surface area contributed by atoms with Crippen molar-refractivity contribution in [2.75, 3.05) is 19.5 Å². The Kier molecular flexibility index (Phi) is 7.47. The molecule has 0 fully saturated rings. The number of nitrogens with zero attached hydrogens (tertiary/aromatic N) is 1. The number of sulfonamides is 1. The molecule has 1 atom stereocenters. The summed E-state index contributed by atoms with van der Waals surface area (Å²) < 4.78 is 37.7. The number of hydrogen-bond acceptors (Lipinski definition) is 6. The largest absolute Gasteiger partial charge is 0.468 e. The van der Waals surface area contributed by atoms with Gasteiger partial charge in [-0.1, -0.05) is 56.3 Å². The summed E-state index contributed by atoms with van der Waals surface area (Å²) >= 11 is 0. The first-order chi connectivity index (χ1) is 17.6. The number of rotatable bonds is 8. The van der Waals surface area contributed by atoms with Gasteiger partial charge in [0.15, 0.2) is 5.76 Å². The first-order valence-corrected chi connectivity index (χ1v) is 13.1. The molecule has 0 radical (unpaired) electrons. The highest BCUT2D eigenvalue weighted by Gasteiger charge is 2.35. The average molecular weight is 521 g/mol. The first kappa shape index (κ1) is 26.1. The smallest absolute Gasteiger partial charge is 0.324 e. The van der Waals surface area contributed by atoms with Crippen molar-refractivity contribution in [2.24, 2.45) is 5.92 Å². The van der Waals surface area contributed by atoms with Gasteiger partial charge in [0.2, 0.25) is 10.0 Å². The van der Waals surface area contributed by atoms with Gasteiger partial charge < -0.3 is 14.5 Å². The molecule has 1 aromatic heterocycles. The fourth-order valence-electron chi connectivity index (χ4n) is 4.13. The number of para-hydroxylation sites is 1. The molecule has 0 aliphatic rings. The van der Waals surface area contributed by atoms with Gasteiger partial charge >= 0.3 is 5.97 Å². The molecule has 0 spiro atoms. The minimum atomic E-state index is -3.92. The van der Waals surface area contributed by atoms with E-state index in [1.807, 2.05) is 30.3 Å². The Bertz CT molecular complexity index is 1490. The van der Waals surface area contributed by atoms with E-state index in [9.17, 15) is 18.0 Å². The van der Waals surface area contributed by atoms with Gasteiger partial charge in [-0.05, 0) is 53.4 Å². The maximum atomic E-state index is 13.1. The van der Waals surface area contributed by atoms with Crippen LogP contribution in [0.4, 0.5) is 5.69 Å². The van der Waals surface area contributed by atoms with Crippen LogP contribution in [0.2, 0.25) is 0 Å². The summed E-state index contributed by atoms with van der Waals surface area (Å²) in [5.74, 6) is -1.00. The lowest BCUT2D eigenvalue weighted by molar-refractivity contribution is -0.146. The summed E-state index contributed by atoms with van der Waals surface area (Å²) in [5, 5.41) is 3.67. The van der Waals surface area contributed by atoms with Crippen LogP contribution < -0.4 is 5.32 Å². The number of methoxy groups -OCH3 is 1. The van der Waals surface area contributed by atoms with Crippen LogP contribution in [0, 0.1) is 5.92 Å². The molecular weight excluding hydrogens is 492 g/mol. The number of benzene rings is 3. The number of nitrogens with one attached hydrogen (secondary N) is 1.